The summed E-state index contributed by atoms with van der Waals surface area (Å²) in [6.07, 6.45) is 0. The molecule has 0 saturated heterocycles. The van der Waals surface area contributed by atoms with Crippen molar-refractivity contribution in [3.05, 3.63) is 59.7 Å². The Bertz CT molecular complexity index is 943. The summed E-state index contributed by atoms with van der Waals surface area (Å²) in [4.78, 5) is 7.22. The van der Waals surface area contributed by atoms with Crippen molar-refractivity contribution >= 4 is 10.9 Å². The zero-order valence-corrected chi connectivity index (χ0v) is 16.5. The van der Waals surface area contributed by atoms with E-state index in [1.807, 2.05) is 32.0 Å². The van der Waals surface area contributed by atoms with E-state index < -0.39 is 0 Å². The molecule has 5 heteroatoms. The second-order valence-corrected chi connectivity index (χ2v) is 6.82. The standard InChI is InChI=1S/C23H26N2O3/c1-3-26-20-10-11-21(27-4-2)22-19(20)14-18-16-25(12-13-28-23(18)24-22)15-17-8-6-5-7-9-17/h5-11,14H,3-4,12-13,15-16H2,1-2H3. The molecule has 28 heavy (non-hydrogen) atoms. The summed E-state index contributed by atoms with van der Waals surface area (Å²) in [6, 6.07) is 16.6. The molecule has 0 bridgehead atoms. The van der Waals surface area contributed by atoms with Crippen molar-refractivity contribution in [3.63, 3.8) is 0 Å². The summed E-state index contributed by atoms with van der Waals surface area (Å²) in [5.41, 5.74) is 3.17. The second-order valence-electron chi connectivity index (χ2n) is 6.82. The normalized spacial score (nSPS) is 14.2. The van der Waals surface area contributed by atoms with Crippen LogP contribution in [0, 0.1) is 0 Å². The van der Waals surface area contributed by atoms with Crippen LogP contribution in [0.2, 0.25) is 0 Å². The molecule has 4 rings (SSSR count). The lowest BCUT2D eigenvalue weighted by Gasteiger charge is -2.19. The van der Waals surface area contributed by atoms with Crippen molar-refractivity contribution in [2.75, 3.05) is 26.4 Å². The average Bonchev–Trinajstić information content (AvgIpc) is 2.91. The lowest BCUT2D eigenvalue weighted by Crippen LogP contribution is -2.25. The van der Waals surface area contributed by atoms with Crippen molar-refractivity contribution in [1.29, 1.82) is 0 Å². The molecule has 0 aliphatic carbocycles. The van der Waals surface area contributed by atoms with Crippen LogP contribution in [0.25, 0.3) is 10.9 Å². The fourth-order valence-corrected chi connectivity index (χ4v) is 3.59. The number of aromatic nitrogens is 1. The van der Waals surface area contributed by atoms with Gasteiger partial charge in [0.05, 0.1) is 13.2 Å². The van der Waals surface area contributed by atoms with Gasteiger partial charge in [-0.05, 0) is 37.6 Å². The van der Waals surface area contributed by atoms with Gasteiger partial charge < -0.3 is 14.2 Å². The predicted octanol–water partition coefficient (Wildman–Crippen LogP) is 4.43. The topological polar surface area (TPSA) is 43.8 Å². The highest BCUT2D eigenvalue weighted by atomic mass is 16.5. The maximum atomic E-state index is 6.01. The number of rotatable bonds is 6. The van der Waals surface area contributed by atoms with E-state index in [4.69, 9.17) is 19.2 Å². The number of benzene rings is 2. The van der Waals surface area contributed by atoms with Crippen LogP contribution in [0.1, 0.15) is 25.0 Å². The van der Waals surface area contributed by atoms with Gasteiger partial charge in [-0.25, -0.2) is 4.98 Å². The van der Waals surface area contributed by atoms with Gasteiger partial charge in [-0.15, -0.1) is 0 Å². The first-order chi connectivity index (χ1) is 13.8. The van der Waals surface area contributed by atoms with Crippen molar-refractivity contribution < 1.29 is 14.2 Å². The maximum Gasteiger partial charge on any atom is 0.218 e. The van der Waals surface area contributed by atoms with Crippen LogP contribution in [-0.2, 0) is 13.1 Å². The molecule has 0 fully saturated rings. The van der Waals surface area contributed by atoms with E-state index in [9.17, 15) is 0 Å². The van der Waals surface area contributed by atoms with Crippen LogP contribution in [0.4, 0.5) is 0 Å². The highest BCUT2D eigenvalue weighted by Crippen LogP contribution is 2.36. The summed E-state index contributed by atoms with van der Waals surface area (Å²) in [5, 5.41) is 0.969. The third-order valence-corrected chi connectivity index (χ3v) is 4.84. The summed E-state index contributed by atoms with van der Waals surface area (Å²) < 4.78 is 17.6. The van der Waals surface area contributed by atoms with Gasteiger partial charge in [0.25, 0.3) is 0 Å². The van der Waals surface area contributed by atoms with E-state index in [2.05, 4.69) is 35.2 Å². The summed E-state index contributed by atoms with van der Waals surface area (Å²) in [6.45, 7) is 8.32. The Balaban J connectivity index is 1.71. The maximum absolute atomic E-state index is 6.01. The minimum absolute atomic E-state index is 0.591. The van der Waals surface area contributed by atoms with Gasteiger partial charge in [-0.3, -0.25) is 4.90 Å². The van der Waals surface area contributed by atoms with E-state index in [0.29, 0.717) is 25.7 Å². The van der Waals surface area contributed by atoms with Crippen LogP contribution in [0.15, 0.2) is 48.5 Å². The highest BCUT2D eigenvalue weighted by molar-refractivity contribution is 5.91. The molecule has 146 valence electrons. The fourth-order valence-electron chi connectivity index (χ4n) is 3.59. The second kappa shape index (κ2) is 8.48. The molecule has 0 radical (unpaired) electrons. The predicted molar refractivity (Wildman–Crippen MR) is 110 cm³/mol. The Labute approximate surface area is 165 Å². The summed E-state index contributed by atoms with van der Waals surface area (Å²) in [5.74, 6) is 2.28. The van der Waals surface area contributed by atoms with Crippen LogP contribution in [-0.4, -0.2) is 36.2 Å². The third-order valence-electron chi connectivity index (χ3n) is 4.84. The molecule has 1 aliphatic heterocycles. The first-order valence-electron chi connectivity index (χ1n) is 9.89. The molecule has 3 aromatic rings. The molecule has 0 spiro atoms. The average molecular weight is 378 g/mol. The molecule has 2 aromatic carbocycles. The van der Waals surface area contributed by atoms with Gasteiger partial charge in [0, 0.05) is 30.6 Å². The highest BCUT2D eigenvalue weighted by Gasteiger charge is 2.20. The zero-order chi connectivity index (χ0) is 19.3. The lowest BCUT2D eigenvalue weighted by atomic mass is 10.1. The lowest BCUT2D eigenvalue weighted by molar-refractivity contribution is 0.217. The molecule has 1 aromatic heterocycles. The van der Waals surface area contributed by atoms with Crippen LogP contribution >= 0.6 is 0 Å². The molecule has 2 heterocycles. The quantitative estimate of drug-likeness (QED) is 0.635. The van der Waals surface area contributed by atoms with Crippen molar-refractivity contribution in [1.82, 2.24) is 9.88 Å². The fraction of sp³-hybridized carbons (Fsp3) is 0.348. The molecule has 0 amide bonds. The number of hydrogen-bond acceptors (Lipinski definition) is 5. The Morgan fingerprint density at radius 2 is 1.75 bits per heavy atom. The van der Waals surface area contributed by atoms with Crippen LogP contribution in [0.5, 0.6) is 17.4 Å². The third kappa shape index (κ3) is 3.90. The summed E-state index contributed by atoms with van der Waals surface area (Å²) in [7, 11) is 0. The Kier molecular flexibility index (Phi) is 5.63. The molecule has 0 unspecified atom stereocenters. The number of nitrogens with zero attached hydrogens (tertiary/aromatic N) is 2. The Morgan fingerprint density at radius 3 is 2.54 bits per heavy atom. The van der Waals surface area contributed by atoms with E-state index >= 15 is 0 Å². The first kappa shape index (κ1) is 18.6. The van der Waals surface area contributed by atoms with Crippen molar-refractivity contribution in [2.24, 2.45) is 0 Å². The Hall–Kier alpha value is -2.79. The molecule has 0 atom stereocenters. The molecular formula is C23H26N2O3. The van der Waals surface area contributed by atoms with Crippen molar-refractivity contribution in [2.45, 2.75) is 26.9 Å². The van der Waals surface area contributed by atoms with Gasteiger partial charge in [-0.2, -0.15) is 0 Å². The minimum Gasteiger partial charge on any atom is -0.493 e. The smallest absolute Gasteiger partial charge is 0.218 e. The number of pyridine rings is 1. The van der Waals surface area contributed by atoms with Gasteiger partial charge in [-0.1, -0.05) is 30.3 Å². The number of fused-ring (bicyclic) bond motifs is 2. The molecule has 1 aliphatic rings. The van der Waals surface area contributed by atoms with Crippen LogP contribution < -0.4 is 14.2 Å². The van der Waals surface area contributed by atoms with Gasteiger partial charge in [0.15, 0.2) is 0 Å². The van der Waals surface area contributed by atoms with Crippen molar-refractivity contribution in [3.8, 4) is 17.4 Å². The van der Waals surface area contributed by atoms with Gasteiger partial charge in [0.1, 0.15) is 23.6 Å². The first-order valence-corrected chi connectivity index (χ1v) is 9.89. The Morgan fingerprint density at radius 1 is 1.00 bits per heavy atom. The molecule has 5 nitrogen and oxygen atoms in total. The zero-order valence-electron chi connectivity index (χ0n) is 16.5. The monoisotopic (exact) mass is 378 g/mol. The van der Waals surface area contributed by atoms with Gasteiger partial charge >= 0.3 is 0 Å². The largest absolute Gasteiger partial charge is 0.493 e. The van der Waals surface area contributed by atoms with Gasteiger partial charge in [0.2, 0.25) is 5.88 Å². The molecular weight excluding hydrogens is 352 g/mol. The van der Waals surface area contributed by atoms with E-state index in [0.717, 1.165) is 47.6 Å². The number of ether oxygens (including phenoxy) is 3. The number of hydrogen-bond donors (Lipinski definition) is 0. The van der Waals surface area contributed by atoms with Crippen LogP contribution in [0.3, 0.4) is 0 Å². The van der Waals surface area contributed by atoms with E-state index in [1.54, 1.807) is 0 Å². The minimum atomic E-state index is 0.591. The van der Waals surface area contributed by atoms with E-state index in [1.165, 1.54) is 5.56 Å². The SMILES string of the molecule is CCOc1ccc(OCC)c2nc3c(cc12)CN(Cc1ccccc1)CCO3. The van der Waals surface area contributed by atoms with E-state index in [-0.39, 0.29) is 0 Å². The molecule has 0 saturated carbocycles. The molecule has 0 N–H and O–H groups in total. The summed E-state index contributed by atoms with van der Waals surface area (Å²) >= 11 is 0.